The molecule has 0 bridgehead atoms. The van der Waals surface area contributed by atoms with Crippen molar-refractivity contribution in [2.24, 2.45) is 0 Å². The summed E-state index contributed by atoms with van der Waals surface area (Å²) in [6.45, 7) is 4.49. The molecule has 1 fully saturated rings. The molecule has 0 radical (unpaired) electrons. The number of alkyl halides is 3. The highest BCUT2D eigenvalue weighted by Gasteiger charge is 2.29. The largest absolute Gasteiger partial charge is 0.416 e. The fraction of sp³-hybridized carbons (Fsp3) is 0.519. The van der Waals surface area contributed by atoms with Crippen molar-refractivity contribution in [2.75, 3.05) is 28.6 Å². The summed E-state index contributed by atoms with van der Waals surface area (Å²) in [4.78, 5) is 14.9. The van der Waals surface area contributed by atoms with Gasteiger partial charge in [-0.2, -0.15) is 13.2 Å². The fourth-order valence-electron chi connectivity index (χ4n) is 4.26. The molecule has 3 rings (SSSR count). The molecule has 186 valence electrons. The number of halogens is 3. The average Bonchev–Trinajstić information content (AvgIpc) is 2.83. The lowest BCUT2D eigenvalue weighted by Crippen LogP contribution is -2.30. The molecule has 1 heterocycles. The van der Waals surface area contributed by atoms with Crippen LogP contribution in [0.4, 0.5) is 30.2 Å². The summed E-state index contributed by atoms with van der Waals surface area (Å²) < 4.78 is 38.4. The van der Waals surface area contributed by atoms with Gasteiger partial charge in [0.2, 0.25) is 5.91 Å². The Labute approximate surface area is 200 Å². The fourth-order valence-corrected chi connectivity index (χ4v) is 4.26. The number of piperidine rings is 1. The molecule has 2 aromatic carbocycles. The number of nitrogens with one attached hydrogen (secondary N) is 2. The van der Waals surface area contributed by atoms with Crippen LogP contribution < -0.4 is 15.5 Å². The monoisotopic (exact) mass is 475 g/mol. The Morgan fingerprint density at radius 1 is 0.941 bits per heavy atom. The van der Waals surface area contributed by atoms with Gasteiger partial charge in [0, 0.05) is 31.7 Å². The molecule has 0 aromatic heterocycles. The molecule has 1 amide bonds. The molecule has 2 N–H and O–H groups in total. The van der Waals surface area contributed by atoms with Crippen molar-refractivity contribution in [3.8, 4) is 0 Å². The lowest BCUT2D eigenvalue weighted by molar-refractivity contribution is -0.137. The zero-order chi connectivity index (χ0) is 24.4. The van der Waals surface area contributed by atoms with E-state index < -0.39 is 11.7 Å². The number of benzene rings is 2. The maximum atomic E-state index is 12.8. The van der Waals surface area contributed by atoms with E-state index in [1.807, 2.05) is 18.2 Å². The van der Waals surface area contributed by atoms with Crippen molar-refractivity contribution in [2.45, 2.75) is 77.4 Å². The maximum absolute atomic E-state index is 12.8. The van der Waals surface area contributed by atoms with Crippen LogP contribution in [0.5, 0.6) is 0 Å². The third-order valence-electron chi connectivity index (χ3n) is 6.25. The van der Waals surface area contributed by atoms with Gasteiger partial charge in [0.25, 0.3) is 0 Å². The van der Waals surface area contributed by atoms with E-state index in [9.17, 15) is 18.0 Å². The molecule has 7 heteroatoms. The molecule has 1 aliphatic heterocycles. The van der Waals surface area contributed by atoms with Crippen LogP contribution in [0.2, 0.25) is 0 Å². The number of hydrogen-bond acceptors (Lipinski definition) is 3. The van der Waals surface area contributed by atoms with Crippen LogP contribution in [0.3, 0.4) is 0 Å². The molecule has 1 saturated heterocycles. The molecular weight excluding hydrogens is 439 g/mol. The predicted molar refractivity (Wildman–Crippen MR) is 133 cm³/mol. The zero-order valence-electron chi connectivity index (χ0n) is 20.0. The third-order valence-corrected chi connectivity index (χ3v) is 6.25. The highest BCUT2D eigenvalue weighted by atomic mass is 19.4. The van der Waals surface area contributed by atoms with Crippen molar-refractivity contribution in [3.05, 3.63) is 53.6 Å². The molecule has 0 spiro atoms. The second kappa shape index (κ2) is 12.7. The average molecular weight is 476 g/mol. The number of unbranched alkanes of at least 4 members (excludes halogenated alkanes) is 4. The van der Waals surface area contributed by atoms with Crippen molar-refractivity contribution >= 4 is 23.0 Å². The van der Waals surface area contributed by atoms with Crippen LogP contribution >= 0.6 is 0 Å². The molecular formula is C27H36F3N3O. The topological polar surface area (TPSA) is 44.4 Å². The Balaban J connectivity index is 1.65. The Hall–Kier alpha value is -2.70. The second-order valence-corrected chi connectivity index (χ2v) is 9.04. The van der Waals surface area contributed by atoms with Gasteiger partial charge in [-0.25, -0.2) is 0 Å². The second-order valence-electron chi connectivity index (χ2n) is 9.04. The minimum Gasteiger partial charge on any atom is -0.381 e. The van der Waals surface area contributed by atoms with Gasteiger partial charge < -0.3 is 15.5 Å². The molecule has 4 nitrogen and oxygen atoms in total. The van der Waals surface area contributed by atoms with Gasteiger partial charge in [-0.15, -0.1) is 0 Å². The van der Waals surface area contributed by atoms with Crippen LogP contribution in [-0.4, -0.2) is 19.0 Å². The lowest BCUT2D eigenvalue weighted by atomic mass is 10.1. The summed E-state index contributed by atoms with van der Waals surface area (Å²) in [5.41, 5.74) is 2.82. The number of carbonyl (C=O) groups is 1. The molecule has 0 aliphatic carbocycles. The normalized spacial score (nSPS) is 14.2. The van der Waals surface area contributed by atoms with Crippen LogP contribution in [0.1, 0.15) is 75.8 Å². The van der Waals surface area contributed by atoms with Gasteiger partial charge >= 0.3 is 6.18 Å². The summed E-state index contributed by atoms with van der Waals surface area (Å²) in [7, 11) is 0. The Bertz CT molecular complexity index is 906. The maximum Gasteiger partial charge on any atom is 0.416 e. The van der Waals surface area contributed by atoms with Crippen molar-refractivity contribution < 1.29 is 18.0 Å². The van der Waals surface area contributed by atoms with Gasteiger partial charge in [0.1, 0.15) is 0 Å². The molecule has 1 aliphatic rings. The van der Waals surface area contributed by atoms with Crippen LogP contribution in [-0.2, 0) is 17.5 Å². The Morgan fingerprint density at radius 2 is 1.65 bits per heavy atom. The molecule has 0 saturated carbocycles. The van der Waals surface area contributed by atoms with E-state index in [1.54, 1.807) is 0 Å². The van der Waals surface area contributed by atoms with Gasteiger partial charge in [0.15, 0.2) is 0 Å². The van der Waals surface area contributed by atoms with E-state index in [2.05, 4.69) is 22.5 Å². The first-order valence-electron chi connectivity index (χ1n) is 12.5. The first kappa shape index (κ1) is 25.9. The molecule has 34 heavy (non-hydrogen) atoms. The third kappa shape index (κ3) is 7.96. The number of amides is 1. The highest BCUT2D eigenvalue weighted by molar-refractivity contribution is 5.95. The Morgan fingerprint density at radius 3 is 2.32 bits per heavy atom. The van der Waals surface area contributed by atoms with Gasteiger partial charge in [-0.3, -0.25) is 4.79 Å². The number of nitrogens with zero attached hydrogens (tertiary/aromatic N) is 1. The highest BCUT2D eigenvalue weighted by Crippen LogP contribution is 2.33. The molecule has 0 atom stereocenters. The van der Waals surface area contributed by atoms with Crippen LogP contribution in [0.15, 0.2) is 42.5 Å². The van der Waals surface area contributed by atoms with Crippen molar-refractivity contribution in [3.63, 3.8) is 0 Å². The number of hydrogen-bond donors (Lipinski definition) is 2. The van der Waals surface area contributed by atoms with E-state index in [0.717, 1.165) is 73.5 Å². The first-order chi connectivity index (χ1) is 16.4. The standard InChI is InChI=1S/C27H36F3N3O/c1-2-3-4-5-7-10-26(34)32-24-16-15-23(19-25(24)33-17-8-6-9-18-33)31-20-21-11-13-22(14-12-21)27(28,29)30/h11-16,19,31H,2-10,17-18,20H2,1H3,(H,32,34). The number of anilines is 3. The quantitative estimate of drug-likeness (QED) is 0.329. The lowest BCUT2D eigenvalue weighted by Gasteiger charge is -2.31. The Kier molecular flexibility index (Phi) is 9.66. The van der Waals surface area contributed by atoms with Gasteiger partial charge in [-0.1, -0.05) is 44.7 Å². The van der Waals surface area contributed by atoms with Crippen molar-refractivity contribution in [1.29, 1.82) is 0 Å². The SMILES string of the molecule is CCCCCCCC(=O)Nc1ccc(NCc2ccc(C(F)(F)F)cc2)cc1N1CCCCC1. The minimum absolute atomic E-state index is 0.0419. The number of rotatable bonds is 11. The predicted octanol–water partition coefficient (Wildman–Crippen LogP) is 7.61. The minimum atomic E-state index is -4.33. The molecule has 2 aromatic rings. The van der Waals surface area contributed by atoms with E-state index in [0.29, 0.717) is 13.0 Å². The summed E-state index contributed by atoms with van der Waals surface area (Å²) in [5, 5.41) is 6.42. The van der Waals surface area contributed by atoms with Crippen molar-refractivity contribution in [1.82, 2.24) is 0 Å². The van der Waals surface area contributed by atoms with E-state index in [4.69, 9.17) is 0 Å². The summed E-state index contributed by atoms with van der Waals surface area (Å²) in [6.07, 6.45) is 5.19. The zero-order valence-corrected chi connectivity index (χ0v) is 20.0. The smallest absolute Gasteiger partial charge is 0.381 e. The van der Waals surface area contributed by atoms with Crippen LogP contribution in [0.25, 0.3) is 0 Å². The van der Waals surface area contributed by atoms with Gasteiger partial charge in [0.05, 0.1) is 16.9 Å². The summed E-state index contributed by atoms with van der Waals surface area (Å²) in [6, 6.07) is 11.1. The van der Waals surface area contributed by atoms with E-state index in [-0.39, 0.29) is 5.91 Å². The van der Waals surface area contributed by atoms with Gasteiger partial charge in [-0.05, 0) is 61.6 Å². The molecule has 0 unspecified atom stereocenters. The summed E-state index contributed by atoms with van der Waals surface area (Å²) >= 11 is 0. The van der Waals surface area contributed by atoms with E-state index in [1.165, 1.54) is 37.8 Å². The first-order valence-corrected chi connectivity index (χ1v) is 12.5. The number of carbonyl (C=O) groups excluding carboxylic acids is 1. The van der Waals surface area contributed by atoms with E-state index >= 15 is 0 Å². The summed E-state index contributed by atoms with van der Waals surface area (Å²) in [5.74, 6) is 0.0419. The van der Waals surface area contributed by atoms with Crippen LogP contribution in [0, 0.1) is 0 Å².